The van der Waals surface area contributed by atoms with E-state index in [0.717, 1.165) is 23.4 Å². The van der Waals surface area contributed by atoms with Crippen LogP contribution in [0.5, 0.6) is 0 Å². The molecule has 19 heavy (non-hydrogen) atoms. The predicted molar refractivity (Wildman–Crippen MR) is 68.7 cm³/mol. The van der Waals surface area contributed by atoms with E-state index in [9.17, 15) is 13.2 Å². The van der Waals surface area contributed by atoms with Crippen molar-refractivity contribution in [3.8, 4) is 0 Å². The highest BCUT2D eigenvalue weighted by Crippen LogP contribution is 2.29. The van der Waals surface area contributed by atoms with E-state index in [1.165, 1.54) is 23.5 Å². The normalized spacial score (nSPS) is 12.1. The lowest BCUT2D eigenvalue weighted by Crippen LogP contribution is -2.17. The third kappa shape index (κ3) is 4.04. The van der Waals surface area contributed by atoms with Crippen molar-refractivity contribution < 1.29 is 13.2 Å². The topological polar surface area (TPSA) is 16.1 Å². The summed E-state index contributed by atoms with van der Waals surface area (Å²) in [5, 5.41) is 1.96. The molecule has 1 aromatic heterocycles. The van der Waals surface area contributed by atoms with E-state index in [2.05, 4.69) is 4.98 Å². The Bertz CT molecular complexity index is 506. The van der Waals surface area contributed by atoms with Crippen LogP contribution in [-0.4, -0.2) is 16.9 Å². The van der Waals surface area contributed by atoms with Gasteiger partial charge < -0.3 is 0 Å². The first-order chi connectivity index (χ1) is 8.95. The number of nitrogens with zero attached hydrogens (tertiary/aromatic N) is 2. The molecule has 1 heterocycles. The average Bonchev–Trinajstić information content (AvgIpc) is 2.81. The fourth-order valence-electron chi connectivity index (χ4n) is 1.76. The molecule has 6 heteroatoms. The van der Waals surface area contributed by atoms with Crippen molar-refractivity contribution in [3.63, 3.8) is 0 Å². The first kappa shape index (κ1) is 14.0. The highest BCUT2D eigenvalue weighted by atomic mass is 32.1. The zero-order chi connectivity index (χ0) is 13.9. The number of alkyl halides is 3. The molecule has 0 unspecified atom stereocenters. The maximum absolute atomic E-state index is 12.4. The third-order valence-electron chi connectivity index (χ3n) is 2.65. The molecule has 0 aliphatic carbocycles. The molecule has 0 amide bonds. The molecule has 0 saturated heterocycles. The van der Waals surface area contributed by atoms with Gasteiger partial charge in [0.05, 0.1) is 16.8 Å². The van der Waals surface area contributed by atoms with Crippen LogP contribution in [0.1, 0.15) is 16.8 Å². The van der Waals surface area contributed by atoms with E-state index in [4.69, 9.17) is 0 Å². The molecule has 0 radical (unpaired) electrons. The summed E-state index contributed by atoms with van der Waals surface area (Å²) in [6.07, 6.45) is -4.27. The van der Waals surface area contributed by atoms with E-state index in [-0.39, 0.29) is 0 Å². The number of aromatic nitrogens is 1. The highest BCUT2D eigenvalue weighted by Gasteiger charge is 2.29. The Kier molecular flexibility index (Phi) is 4.21. The summed E-state index contributed by atoms with van der Waals surface area (Å²) in [7, 11) is 1.91. The fourth-order valence-corrected chi connectivity index (χ4v) is 2.31. The van der Waals surface area contributed by atoms with Crippen LogP contribution in [0.25, 0.3) is 0 Å². The number of hydrogen-bond acceptors (Lipinski definition) is 3. The predicted octanol–water partition coefficient (Wildman–Crippen LogP) is 3.79. The van der Waals surface area contributed by atoms with Crippen LogP contribution in [-0.2, 0) is 19.3 Å². The Hall–Kier alpha value is -1.40. The first-order valence-corrected chi connectivity index (χ1v) is 6.61. The number of benzene rings is 1. The molecular formula is C13H13F3N2S. The van der Waals surface area contributed by atoms with Gasteiger partial charge in [-0.1, -0.05) is 12.1 Å². The smallest absolute Gasteiger partial charge is 0.296 e. The van der Waals surface area contributed by atoms with Crippen LogP contribution in [0.15, 0.2) is 35.2 Å². The van der Waals surface area contributed by atoms with Gasteiger partial charge in [-0.3, -0.25) is 4.90 Å². The maximum Gasteiger partial charge on any atom is 0.416 e. The zero-order valence-corrected chi connectivity index (χ0v) is 11.1. The van der Waals surface area contributed by atoms with Crippen molar-refractivity contribution in [1.82, 2.24) is 9.88 Å². The molecule has 0 aliphatic heterocycles. The summed E-state index contributed by atoms with van der Waals surface area (Å²) in [5.74, 6) is 0. The van der Waals surface area contributed by atoms with Gasteiger partial charge in [0.1, 0.15) is 0 Å². The Balaban J connectivity index is 1.96. The third-order valence-corrected chi connectivity index (χ3v) is 3.28. The number of rotatable bonds is 4. The van der Waals surface area contributed by atoms with Crippen molar-refractivity contribution >= 4 is 11.3 Å². The Labute approximate surface area is 113 Å². The van der Waals surface area contributed by atoms with E-state index in [1.54, 1.807) is 5.51 Å². The van der Waals surface area contributed by atoms with Gasteiger partial charge in [-0.2, -0.15) is 13.2 Å². The standard InChI is InChI=1S/C13H13F3N2S/c1-18(7-12-8-19-9-17-12)6-10-2-4-11(5-3-10)13(14,15)16/h2-5,8-9H,6-7H2,1H3. The van der Waals surface area contributed by atoms with E-state index < -0.39 is 11.7 Å². The summed E-state index contributed by atoms with van der Waals surface area (Å²) in [6, 6.07) is 5.26. The molecule has 0 fully saturated rings. The zero-order valence-electron chi connectivity index (χ0n) is 10.3. The number of thiazole rings is 1. The monoisotopic (exact) mass is 286 g/mol. The Morgan fingerprint density at radius 1 is 1.16 bits per heavy atom. The molecule has 0 bridgehead atoms. The lowest BCUT2D eigenvalue weighted by atomic mass is 10.1. The molecule has 0 aliphatic rings. The van der Waals surface area contributed by atoms with E-state index in [0.29, 0.717) is 13.1 Å². The van der Waals surface area contributed by atoms with Crippen LogP contribution < -0.4 is 0 Å². The van der Waals surface area contributed by atoms with Crippen LogP contribution in [0.2, 0.25) is 0 Å². The van der Waals surface area contributed by atoms with Crippen molar-refractivity contribution in [2.24, 2.45) is 0 Å². The van der Waals surface area contributed by atoms with Gasteiger partial charge >= 0.3 is 6.18 Å². The van der Waals surface area contributed by atoms with Gasteiger partial charge in [-0.05, 0) is 24.7 Å². The molecule has 0 atom stereocenters. The summed E-state index contributed by atoms with van der Waals surface area (Å²) in [4.78, 5) is 6.18. The molecule has 2 aromatic rings. The van der Waals surface area contributed by atoms with Crippen molar-refractivity contribution in [2.45, 2.75) is 19.3 Å². The number of hydrogen-bond donors (Lipinski definition) is 0. The van der Waals surface area contributed by atoms with E-state index >= 15 is 0 Å². The lowest BCUT2D eigenvalue weighted by Gasteiger charge is -2.15. The van der Waals surface area contributed by atoms with Gasteiger partial charge in [0.15, 0.2) is 0 Å². The van der Waals surface area contributed by atoms with Crippen molar-refractivity contribution in [3.05, 3.63) is 52.0 Å². The van der Waals surface area contributed by atoms with Gasteiger partial charge in [0, 0.05) is 18.5 Å². The highest BCUT2D eigenvalue weighted by molar-refractivity contribution is 7.07. The molecule has 1 aromatic carbocycles. The quantitative estimate of drug-likeness (QED) is 0.850. The number of halogens is 3. The SMILES string of the molecule is CN(Cc1ccc(C(F)(F)F)cc1)Cc1cscn1. The van der Waals surface area contributed by atoms with Crippen LogP contribution >= 0.6 is 11.3 Å². The molecular weight excluding hydrogens is 273 g/mol. The van der Waals surface area contributed by atoms with Gasteiger partial charge in [-0.25, -0.2) is 4.98 Å². The maximum atomic E-state index is 12.4. The van der Waals surface area contributed by atoms with Crippen LogP contribution in [0, 0.1) is 0 Å². The fraction of sp³-hybridized carbons (Fsp3) is 0.308. The van der Waals surface area contributed by atoms with E-state index in [1.807, 2.05) is 17.3 Å². The van der Waals surface area contributed by atoms with Crippen molar-refractivity contribution in [2.75, 3.05) is 7.05 Å². The second-order valence-electron chi connectivity index (χ2n) is 4.35. The lowest BCUT2D eigenvalue weighted by molar-refractivity contribution is -0.137. The second kappa shape index (κ2) is 5.71. The molecule has 0 spiro atoms. The molecule has 102 valence electrons. The largest absolute Gasteiger partial charge is 0.416 e. The first-order valence-electron chi connectivity index (χ1n) is 5.67. The van der Waals surface area contributed by atoms with Gasteiger partial charge in [-0.15, -0.1) is 11.3 Å². The minimum absolute atomic E-state index is 0.593. The summed E-state index contributed by atoms with van der Waals surface area (Å²) in [5.41, 5.74) is 2.98. The molecule has 2 rings (SSSR count). The minimum atomic E-state index is -4.27. The summed E-state index contributed by atoms with van der Waals surface area (Å²) in [6.45, 7) is 1.28. The second-order valence-corrected chi connectivity index (χ2v) is 5.07. The van der Waals surface area contributed by atoms with Crippen LogP contribution in [0.4, 0.5) is 13.2 Å². The molecule has 0 saturated carbocycles. The van der Waals surface area contributed by atoms with Crippen LogP contribution in [0.3, 0.4) is 0 Å². The Morgan fingerprint density at radius 2 is 1.84 bits per heavy atom. The summed E-state index contributed by atoms with van der Waals surface area (Å²) < 4.78 is 37.2. The summed E-state index contributed by atoms with van der Waals surface area (Å²) >= 11 is 1.53. The van der Waals surface area contributed by atoms with Crippen molar-refractivity contribution in [1.29, 1.82) is 0 Å². The Morgan fingerprint density at radius 3 is 2.37 bits per heavy atom. The minimum Gasteiger partial charge on any atom is -0.296 e. The van der Waals surface area contributed by atoms with Gasteiger partial charge in [0.2, 0.25) is 0 Å². The molecule has 2 nitrogen and oxygen atoms in total. The average molecular weight is 286 g/mol. The molecule has 0 N–H and O–H groups in total. The van der Waals surface area contributed by atoms with Gasteiger partial charge in [0.25, 0.3) is 0 Å².